The van der Waals surface area contributed by atoms with Gasteiger partial charge >= 0.3 is 5.97 Å². The molecule has 2 saturated carbocycles. The summed E-state index contributed by atoms with van der Waals surface area (Å²) in [7, 11) is 0. The van der Waals surface area contributed by atoms with E-state index in [0.29, 0.717) is 35.2 Å². The first-order valence-corrected chi connectivity index (χ1v) is 9.78. The molecule has 4 unspecified atom stereocenters. The summed E-state index contributed by atoms with van der Waals surface area (Å²) in [5, 5.41) is 19.1. The van der Waals surface area contributed by atoms with Crippen molar-refractivity contribution in [2.75, 3.05) is 0 Å². The molecule has 3 nitrogen and oxygen atoms in total. The molecule has 0 bridgehead atoms. The predicted octanol–water partition coefficient (Wildman–Crippen LogP) is 5.29. The SMILES string of the molecule is C#C.C=C(CCC[C@@H](C)C1CCC2C(O)CCCC21C)C(=O)O.CC. The van der Waals surface area contributed by atoms with Gasteiger partial charge in [0.1, 0.15) is 0 Å². The van der Waals surface area contributed by atoms with Gasteiger partial charge in [0.25, 0.3) is 0 Å². The van der Waals surface area contributed by atoms with Crippen molar-refractivity contribution in [3.63, 3.8) is 0 Å². The molecule has 3 heteroatoms. The van der Waals surface area contributed by atoms with Crippen LogP contribution in [-0.4, -0.2) is 22.3 Å². The summed E-state index contributed by atoms with van der Waals surface area (Å²) in [5.41, 5.74) is 0.617. The number of carbonyl (C=O) groups is 1. The molecular formula is C22H38O3. The van der Waals surface area contributed by atoms with Crippen LogP contribution in [0.2, 0.25) is 0 Å². The molecule has 0 aromatic carbocycles. The molecule has 0 aromatic heterocycles. The van der Waals surface area contributed by atoms with Gasteiger partial charge < -0.3 is 10.2 Å². The standard InChI is InChI=1S/C18H30O3.C2H6.C2H2/c1-12(6-4-7-13(2)17(20)21)14-9-10-15-16(19)8-5-11-18(14,15)3;2*1-2/h12,14-16,19H,2,4-11H2,1,3H3,(H,20,21);1-2H3;1-2H/t12-,14?,15?,16?,18?;;/m1../s1. The summed E-state index contributed by atoms with van der Waals surface area (Å²) in [6.07, 6.45) is 16.2. The minimum absolute atomic E-state index is 0.104. The Kier molecular flexibility index (Phi) is 10.8. The highest BCUT2D eigenvalue weighted by molar-refractivity contribution is 5.85. The van der Waals surface area contributed by atoms with E-state index in [2.05, 4.69) is 33.3 Å². The number of carboxylic acid groups (broad SMARTS) is 1. The molecule has 0 aromatic rings. The molecule has 2 rings (SSSR count). The molecule has 5 atom stereocenters. The number of aliphatic hydroxyl groups excluding tert-OH is 1. The Hall–Kier alpha value is -1.27. The lowest BCUT2D eigenvalue weighted by Crippen LogP contribution is -2.41. The quantitative estimate of drug-likeness (QED) is 0.506. The summed E-state index contributed by atoms with van der Waals surface area (Å²) in [6, 6.07) is 0. The number of aliphatic hydroxyl groups is 1. The Morgan fingerprint density at radius 3 is 2.44 bits per heavy atom. The maximum Gasteiger partial charge on any atom is 0.330 e. The Balaban J connectivity index is 0.00000134. The van der Waals surface area contributed by atoms with Crippen molar-refractivity contribution in [1.29, 1.82) is 0 Å². The molecule has 0 saturated heterocycles. The number of hydrogen-bond acceptors (Lipinski definition) is 2. The monoisotopic (exact) mass is 350 g/mol. The lowest BCUT2D eigenvalue weighted by atomic mass is 9.61. The van der Waals surface area contributed by atoms with Gasteiger partial charge in [-0.15, -0.1) is 12.8 Å². The fourth-order valence-electron chi connectivity index (χ4n) is 5.07. The normalized spacial score (nSPS) is 31.4. The second kappa shape index (κ2) is 11.4. The number of aliphatic carboxylic acids is 1. The van der Waals surface area contributed by atoms with E-state index in [1.807, 2.05) is 13.8 Å². The highest BCUT2D eigenvalue weighted by Crippen LogP contribution is 2.58. The number of rotatable bonds is 6. The summed E-state index contributed by atoms with van der Waals surface area (Å²) in [4.78, 5) is 10.8. The van der Waals surface area contributed by atoms with E-state index < -0.39 is 5.97 Å². The van der Waals surface area contributed by atoms with E-state index in [1.165, 1.54) is 12.8 Å². The molecule has 0 amide bonds. The van der Waals surface area contributed by atoms with Crippen LogP contribution in [0, 0.1) is 36.0 Å². The third-order valence-electron chi connectivity index (χ3n) is 6.29. The third-order valence-corrected chi connectivity index (χ3v) is 6.29. The van der Waals surface area contributed by atoms with Crippen molar-refractivity contribution in [3.8, 4) is 12.8 Å². The number of terminal acetylenes is 1. The largest absolute Gasteiger partial charge is 0.478 e. The van der Waals surface area contributed by atoms with Gasteiger partial charge in [-0.2, -0.15) is 0 Å². The van der Waals surface area contributed by atoms with Crippen molar-refractivity contribution >= 4 is 5.97 Å². The fraction of sp³-hybridized carbons (Fsp3) is 0.773. The van der Waals surface area contributed by atoms with Crippen LogP contribution in [0.4, 0.5) is 0 Å². The summed E-state index contributed by atoms with van der Waals surface area (Å²) in [6.45, 7) is 12.3. The highest BCUT2D eigenvalue weighted by atomic mass is 16.4. The van der Waals surface area contributed by atoms with Gasteiger partial charge in [-0.1, -0.05) is 47.1 Å². The zero-order valence-corrected chi connectivity index (χ0v) is 16.6. The van der Waals surface area contributed by atoms with Gasteiger partial charge in [-0.3, -0.25) is 0 Å². The van der Waals surface area contributed by atoms with Gasteiger partial charge in [0.15, 0.2) is 0 Å². The van der Waals surface area contributed by atoms with E-state index in [9.17, 15) is 9.90 Å². The van der Waals surface area contributed by atoms with Gasteiger partial charge in [0.05, 0.1) is 6.10 Å². The van der Waals surface area contributed by atoms with E-state index >= 15 is 0 Å². The van der Waals surface area contributed by atoms with Gasteiger partial charge in [0.2, 0.25) is 0 Å². The van der Waals surface area contributed by atoms with Crippen molar-refractivity contribution in [3.05, 3.63) is 12.2 Å². The molecule has 25 heavy (non-hydrogen) atoms. The Morgan fingerprint density at radius 1 is 1.28 bits per heavy atom. The molecule has 0 heterocycles. The van der Waals surface area contributed by atoms with Gasteiger partial charge in [0, 0.05) is 5.57 Å². The second-order valence-electron chi connectivity index (χ2n) is 7.53. The van der Waals surface area contributed by atoms with E-state index in [1.54, 1.807) is 0 Å². The van der Waals surface area contributed by atoms with Crippen LogP contribution in [0.1, 0.15) is 79.1 Å². The maximum absolute atomic E-state index is 10.8. The molecule has 2 aliphatic carbocycles. The van der Waals surface area contributed by atoms with Crippen LogP contribution in [0.3, 0.4) is 0 Å². The lowest BCUT2D eigenvalue weighted by molar-refractivity contribution is -0.132. The first kappa shape index (κ1) is 23.7. The first-order valence-electron chi connectivity index (χ1n) is 9.78. The van der Waals surface area contributed by atoms with Crippen molar-refractivity contribution < 1.29 is 15.0 Å². The molecule has 2 fully saturated rings. The molecule has 0 aliphatic heterocycles. The van der Waals surface area contributed by atoms with Gasteiger partial charge in [-0.25, -0.2) is 4.79 Å². The molecule has 0 spiro atoms. The highest BCUT2D eigenvalue weighted by Gasteiger charge is 2.51. The lowest BCUT2D eigenvalue weighted by Gasteiger charge is -2.45. The third kappa shape index (κ3) is 5.89. The molecule has 2 N–H and O–H groups in total. The molecule has 0 radical (unpaired) electrons. The maximum atomic E-state index is 10.8. The zero-order chi connectivity index (χ0) is 19.6. The average molecular weight is 351 g/mol. The van der Waals surface area contributed by atoms with E-state index in [4.69, 9.17) is 5.11 Å². The van der Waals surface area contributed by atoms with Crippen LogP contribution in [0.5, 0.6) is 0 Å². The fourth-order valence-corrected chi connectivity index (χ4v) is 5.07. The number of fused-ring (bicyclic) bond motifs is 1. The van der Waals surface area contributed by atoms with E-state index in [-0.39, 0.29) is 6.10 Å². The minimum atomic E-state index is -0.869. The van der Waals surface area contributed by atoms with Gasteiger partial charge in [-0.05, 0) is 61.7 Å². The van der Waals surface area contributed by atoms with Crippen LogP contribution >= 0.6 is 0 Å². The Morgan fingerprint density at radius 2 is 1.88 bits per heavy atom. The number of carboxylic acids is 1. The number of hydrogen-bond donors (Lipinski definition) is 2. The van der Waals surface area contributed by atoms with Crippen LogP contribution in [0.25, 0.3) is 0 Å². The Bertz CT molecular complexity index is 440. The Labute approximate surface area is 154 Å². The zero-order valence-electron chi connectivity index (χ0n) is 16.6. The van der Waals surface area contributed by atoms with Crippen LogP contribution < -0.4 is 0 Å². The molecule has 2 aliphatic rings. The van der Waals surface area contributed by atoms with Crippen molar-refractivity contribution in [2.45, 2.75) is 85.2 Å². The summed E-state index contributed by atoms with van der Waals surface area (Å²) >= 11 is 0. The van der Waals surface area contributed by atoms with Crippen molar-refractivity contribution in [2.24, 2.45) is 23.2 Å². The van der Waals surface area contributed by atoms with Crippen molar-refractivity contribution in [1.82, 2.24) is 0 Å². The first-order chi connectivity index (χ1) is 11.9. The molecular weight excluding hydrogens is 312 g/mol. The topological polar surface area (TPSA) is 57.5 Å². The average Bonchev–Trinajstić information content (AvgIpc) is 2.96. The minimum Gasteiger partial charge on any atom is -0.478 e. The van der Waals surface area contributed by atoms with Crippen LogP contribution in [0.15, 0.2) is 12.2 Å². The smallest absolute Gasteiger partial charge is 0.330 e. The summed E-state index contributed by atoms with van der Waals surface area (Å²) in [5.74, 6) is 0.890. The van der Waals surface area contributed by atoms with Crippen LogP contribution in [-0.2, 0) is 4.79 Å². The molecule has 144 valence electrons. The summed E-state index contributed by atoms with van der Waals surface area (Å²) < 4.78 is 0. The van der Waals surface area contributed by atoms with E-state index in [0.717, 1.165) is 32.1 Å². The predicted molar refractivity (Wildman–Crippen MR) is 105 cm³/mol. The second-order valence-corrected chi connectivity index (χ2v) is 7.53.